The van der Waals surface area contributed by atoms with Crippen molar-refractivity contribution in [2.75, 3.05) is 24.2 Å². The minimum absolute atomic E-state index is 0.0322. The highest BCUT2D eigenvalue weighted by Crippen LogP contribution is 2.26. The zero-order chi connectivity index (χ0) is 10.6. The van der Waals surface area contributed by atoms with Gasteiger partial charge in [0.25, 0.3) is 0 Å². The minimum Gasteiger partial charge on any atom is -0.481 e. The van der Waals surface area contributed by atoms with E-state index in [1.54, 1.807) is 0 Å². The maximum absolute atomic E-state index is 10.3. The van der Waals surface area contributed by atoms with Gasteiger partial charge in [-0.25, -0.2) is 0 Å². The number of aromatic nitrogens is 2. The molecule has 14 heavy (non-hydrogen) atoms. The van der Waals surface area contributed by atoms with Gasteiger partial charge in [-0.2, -0.15) is 0 Å². The highest BCUT2D eigenvalue weighted by atomic mass is 32.2. The Morgan fingerprint density at radius 2 is 2.36 bits per heavy atom. The van der Waals surface area contributed by atoms with Gasteiger partial charge in [-0.1, -0.05) is 23.1 Å². The van der Waals surface area contributed by atoms with Crippen molar-refractivity contribution in [3.05, 3.63) is 0 Å². The summed E-state index contributed by atoms with van der Waals surface area (Å²) >= 11 is 2.61. The maximum Gasteiger partial charge on any atom is 0.313 e. The Morgan fingerprint density at radius 3 is 2.93 bits per heavy atom. The van der Waals surface area contributed by atoms with Gasteiger partial charge in [0.2, 0.25) is 5.13 Å². The fraction of sp³-hybridized carbons (Fsp3) is 0.571. The SMILES string of the molecule is CCN(C)c1nnc(SCC(=O)O)s1. The van der Waals surface area contributed by atoms with E-state index in [0.717, 1.165) is 11.7 Å². The molecule has 0 amide bonds. The molecular formula is C7H11N3O2S2. The first-order valence-electron chi connectivity index (χ1n) is 4.02. The van der Waals surface area contributed by atoms with Crippen LogP contribution in [0.1, 0.15) is 6.92 Å². The molecule has 0 atom stereocenters. The third-order valence-corrected chi connectivity index (χ3v) is 3.67. The number of carboxylic acids is 1. The lowest BCUT2D eigenvalue weighted by Gasteiger charge is -2.09. The average molecular weight is 233 g/mol. The van der Waals surface area contributed by atoms with E-state index in [0.29, 0.717) is 4.34 Å². The van der Waals surface area contributed by atoms with E-state index >= 15 is 0 Å². The lowest BCUT2D eigenvalue weighted by molar-refractivity contribution is -0.133. The molecule has 0 saturated heterocycles. The molecule has 78 valence electrons. The monoisotopic (exact) mass is 233 g/mol. The fourth-order valence-corrected chi connectivity index (χ4v) is 2.26. The summed E-state index contributed by atoms with van der Waals surface area (Å²) in [4.78, 5) is 12.3. The van der Waals surface area contributed by atoms with Crippen LogP contribution in [0.25, 0.3) is 0 Å². The van der Waals surface area contributed by atoms with Crippen molar-refractivity contribution < 1.29 is 9.90 Å². The number of hydrogen-bond acceptors (Lipinski definition) is 6. The number of carboxylic acid groups (broad SMARTS) is 1. The Kier molecular flexibility index (Phi) is 4.15. The van der Waals surface area contributed by atoms with Crippen molar-refractivity contribution in [2.45, 2.75) is 11.3 Å². The number of anilines is 1. The lowest BCUT2D eigenvalue weighted by Crippen LogP contribution is -2.15. The molecule has 0 saturated carbocycles. The van der Waals surface area contributed by atoms with E-state index in [1.165, 1.54) is 23.1 Å². The molecule has 0 radical (unpaired) electrons. The third-order valence-electron chi connectivity index (χ3n) is 1.52. The summed E-state index contributed by atoms with van der Waals surface area (Å²) in [7, 11) is 1.92. The number of hydrogen-bond donors (Lipinski definition) is 1. The predicted octanol–water partition coefficient (Wildman–Crippen LogP) is 1.17. The summed E-state index contributed by atoms with van der Waals surface area (Å²) in [5.74, 6) is -0.805. The number of carbonyl (C=O) groups is 1. The Morgan fingerprint density at radius 1 is 1.64 bits per heavy atom. The van der Waals surface area contributed by atoms with Crippen LogP contribution in [0.15, 0.2) is 4.34 Å². The molecule has 7 heteroatoms. The van der Waals surface area contributed by atoms with E-state index < -0.39 is 5.97 Å². The van der Waals surface area contributed by atoms with Gasteiger partial charge in [-0.3, -0.25) is 4.79 Å². The van der Waals surface area contributed by atoms with Crippen molar-refractivity contribution in [3.8, 4) is 0 Å². The van der Waals surface area contributed by atoms with Crippen molar-refractivity contribution in [3.63, 3.8) is 0 Å². The summed E-state index contributed by atoms with van der Waals surface area (Å²) in [6.45, 7) is 2.88. The first-order valence-corrected chi connectivity index (χ1v) is 5.83. The lowest BCUT2D eigenvalue weighted by atomic mass is 10.7. The van der Waals surface area contributed by atoms with Crippen LogP contribution in [-0.2, 0) is 4.79 Å². The smallest absolute Gasteiger partial charge is 0.313 e. The Bertz CT molecular complexity index is 316. The van der Waals surface area contributed by atoms with Gasteiger partial charge in [0.05, 0.1) is 5.75 Å². The molecule has 0 aliphatic rings. The molecule has 0 aromatic carbocycles. The second-order valence-corrected chi connectivity index (χ2v) is 4.73. The fourth-order valence-electron chi connectivity index (χ4n) is 0.674. The standard InChI is InChI=1S/C7H11N3O2S2/c1-3-10(2)6-8-9-7(14-6)13-4-5(11)12/h3-4H2,1-2H3,(H,11,12). The Hall–Kier alpha value is -0.820. The molecule has 1 aromatic rings. The number of aliphatic carboxylic acids is 1. The molecule has 0 fully saturated rings. The van der Waals surface area contributed by atoms with Crippen LogP contribution in [-0.4, -0.2) is 40.6 Å². The topological polar surface area (TPSA) is 66.3 Å². The van der Waals surface area contributed by atoms with Crippen LogP contribution >= 0.6 is 23.1 Å². The molecule has 0 spiro atoms. The highest BCUT2D eigenvalue weighted by molar-refractivity contribution is 8.01. The van der Waals surface area contributed by atoms with Crippen LogP contribution < -0.4 is 4.90 Å². The molecular weight excluding hydrogens is 222 g/mol. The van der Waals surface area contributed by atoms with Crippen molar-refractivity contribution in [1.29, 1.82) is 0 Å². The summed E-state index contributed by atoms with van der Waals surface area (Å²) < 4.78 is 0.697. The Balaban J connectivity index is 2.54. The van der Waals surface area contributed by atoms with Gasteiger partial charge in [0.1, 0.15) is 0 Å². The van der Waals surface area contributed by atoms with Gasteiger partial charge < -0.3 is 10.0 Å². The molecule has 0 bridgehead atoms. The molecule has 0 unspecified atom stereocenters. The van der Waals surface area contributed by atoms with E-state index in [2.05, 4.69) is 10.2 Å². The molecule has 1 rings (SSSR count). The number of thioether (sulfide) groups is 1. The third kappa shape index (κ3) is 3.15. The van der Waals surface area contributed by atoms with E-state index in [1.807, 2.05) is 18.9 Å². The van der Waals surface area contributed by atoms with Gasteiger partial charge >= 0.3 is 5.97 Å². The molecule has 1 heterocycles. The molecule has 5 nitrogen and oxygen atoms in total. The van der Waals surface area contributed by atoms with Crippen LogP contribution in [0.2, 0.25) is 0 Å². The van der Waals surface area contributed by atoms with Crippen molar-refractivity contribution in [1.82, 2.24) is 10.2 Å². The van der Waals surface area contributed by atoms with Gasteiger partial charge in [-0.15, -0.1) is 10.2 Å². The second-order valence-electron chi connectivity index (χ2n) is 2.55. The van der Waals surface area contributed by atoms with Crippen molar-refractivity contribution in [2.24, 2.45) is 0 Å². The predicted molar refractivity (Wildman–Crippen MR) is 57.2 cm³/mol. The van der Waals surface area contributed by atoms with Gasteiger partial charge in [-0.05, 0) is 6.92 Å². The zero-order valence-electron chi connectivity index (χ0n) is 7.93. The van der Waals surface area contributed by atoms with Gasteiger partial charge in [0, 0.05) is 13.6 Å². The highest BCUT2D eigenvalue weighted by Gasteiger charge is 2.08. The quantitative estimate of drug-likeness (QED) is 0.770. The largest absolute Gasteiger partial charge is 0.481 e. The normalized spacial score (nSPS) is 10.1. The van der Waals surface area contributed by atoms with Gasteiger partial charge in [0.15, 0.2) is 4.34 Å². The molecule has 1 aromatic heterocycles. The average Bonchev–Trinajstić information content (AvgIpc) is 2.62. The summed E-state index contributed by atoms with van der Waals surface area (Å²) in [6, 6.07) is 0. The first kappa shape index (κ1) is 11.3. The van der Waals surface area contributed by atoms with E-state index in [-0.39, 0.29) is 5.75 Å². The van der Waals surface area contributed by atoms with E-state index in [9.17, 15) is 4.79 Å². The maximum atomic E-state index is 10.3. The Labute approximate surface area is 90.1 Å². The number of nitrogens with zero attached hydrogens (tertiary/aromatic N) is 3. The summed E-state index contributed by atoms with van der Waals surface area (Å²) in [6.07, 6.45) is 0. The minimum atomic E-state index is -0.837. The molecule has 0 aliphatic carbocycles. The van der Waals surface area contributed by atoms with Crippen LogP contribution in [0.4, 0.5) is 5.13 Å². The van der Waals surface area contributed by atoms with Crippen LogP contribution in [0, 0.1) is 0 Å². The number of rotatable bonds is 5. The zero-order valence-corrected chi connectivity index (χ0v) is 9.56. The van der Waals surface area contributed by atoms with Crippen molar-refractivity contribution >= 4 is 34.2 Å². The first-order chi connectivity index (χ1) is 6.63. The van der Waals surface area contributed by atoms with Crippen LogP contribution in [0.3, 0.4) is 0 Å². The second kappa shape index (κ2) is 5.16. The van der Waals surface area contributed by atoms with Crippen LogP contribution in [0.5, 0.6) is 0 Å². The summed E-state index contributed by atoms with van der Waals surface area (Å²) in [5, 5.41) is 17.1. The molecule has 0 aliphatic heterocycles. The molecule has 1 N–H and O–H groups in total. The summed E-state index contributed by atoms with van der Waals surface area (Å²) in [5.41, 5.74) is 0. The van der Waals surface area contributed by atoms with E-state index in [4.69, 9.17) is 5.11 Å².